The number of hydrogen-bond donors (Lipinski definition) is 1. The van der Waals surface area contributed by atoms with E-state index >= 15 is 0 Å². The van der Waals surface area contributed by atoms with Crippen LogP contribution < -0.4 is 24.0 Å². The highest BCUT2D eigenvalue weighted by Gasteiger charge is 1.93. The topological polar surface area (TPSA) is 117 Å². The summed E-state index contributed by atoms with van der Waals surface area (Å²) in [5, 5.41) is 3.22. The molecule has 0 atom stereocenters. The Hall–Kier alpha value is -0.660. The largest absolute Gasteiger partial charge is 0.387 e. The first-order valence-electron chi connectivity index (χ1n) is 3.84. The molecule has 0 radical (unpaired) electrons. The van der Waals surface area contributed by atoms with Crippen molar-refractivity contribution in [1.82, 2.24) is 5.32 Å². The molecule has 1 aliphatic rings. The Morgan fingerprint density at radius 3 is 2.29 bits per heavy atom. The van der Waals surface area contributed by atoms with Gasteiger partial charge in [-0.1, -0.05) is 0 Å². The summed E-state index contributed by atoms with van der Waals surface area (Å²) in [6.45, 7) is 5.96. The summed E-state index contributed by atoms with van der Waals surface area (Å²) < 4.78 is 34.0. The predicted octanol–water partition coefficient (Wildman–Crippen LogP) is -3.80. The number of allylic oxidation sites excluding steroid dienone is 2. The molecule has 0 amide bonds. The van der Waals surface area contributed by atoms with Crippen LogP contribution in [-0.2, 0) is 0 Å². The molecule has 6 nitrogen and oxygen atoms in total. The van der Waals surface area contributed by atoms with Gasteiger partial charge in [0.1, 0.15) is 0 Å². The molecule has 0 aromatic heterocycles. The Morgan fingerprint density at radius 2 is 1.79 bits per heavy atom. The quantitative estimate of drug-likeness (QED) is 0.452. The molecule has 0 bridgehead atoms. The average Bonchev–Trinajstić information content (AvgIpc) is 2.09. The molecule has 1 N–H and O–H groups in total. The number of nitrogens with one attached hydrogen (secondary N) is 1. The van der Waals surface area contributed by atoms with Crippen LogP contribution in [0, 0.1) is 10.2 Å². The van der Waals surface area contributed by atoms with E-state index in [1.165, 1.54) is 5.70 Å². The molecule has 0 saturated carbocycles. The molecule has 0 aliphatic carbocycles. The Morgan fingerprint density at radius 1 is 1.29 bits per heavy atom. The molecule has 0 aromatic rings. The van der Waals surface area contributed by atoms with E-state index in [4.69, 9.17) is 18.6 Å². The summed E-state index contributed by atoms with van der Waals surface area (Å²) in [6, 6.07) is 0. The lowest BCUT2D eigenvalue weighted by atomic mass is 10.3. The van der Waals surface area contributed by atoms with Gasteiger partial charge in [0.15, 0.2) is 0 Å². The maximum absolute atomic E-state index is 8.49. The van der Waals surface area contributed by atoms with Gasteiger partial charge >= 0.3 is 0 Å². The van der Waals surface area contributed by atoms with Gasteiger partial charge in [0, 0.05) is 18.0 Å². The molecule has 14 heavy (non-hydrogen) atoms. The molecular formula is C7H12ClN2O4-. The zero-order valence-electron chi connectivity index (χ0n) is 7.95. The van der Waals surface area contributed by atoms with E-state index in [-0.39, 0.29) is 0 Å². The van der Waals surface area contributed by atoms with Crippen molar-refractivity contribution in [3.63, 3.8) is 0 Å². The molecule has 82 valence electrons. The first-order chi connectivity index (χ1) is 6.29. The third-order valence-electron chi connectivity index (χ3n) is 1.30. The van der Waals surface area contributed by atoms with Crippen LogP contribution in [-0.4, -0.2) is 18.8 Å². The monoisotopic (exact) mass is 223 g/mol. The van der Waals surface area contributed by atoms with Crippen LogP contribution in [0.15, 0.2) is 16.8 Å². The average molecular weight is 224 g/mol. The van der Waals surface area contributed by atoms with Crippen LogP contribution in [0.4, 0.5) is 0 Å². The normalized spacial score (nSPS) is 16.7. The third-order valence-corrected chi connectivity index (χ3v) is 1.30. The van der Waals surface area contributed by atoms with E-state index < -0.39 is 10.2 Å². The summed E-state index contributed by atoms with van der Waals surface area (Å²) in [7, 11) is -4.94. The molecule has 1 heterocycles. The minimum Gasteiger partial charge on any atom is -0.387 e. The maximum atomic E-state index is 8.49. The second-order valence-corrected chi connectivity index (χ2v) is 3.41. The van der Waals surface area contributed by atoms with E-state index in [2.05, 4.69) is 23.3 Å². The Kier molecular flexibility index (Phi) is 5.66. The van der Waals surface area contributed by atoms with Crippen molar-refractivity contribution in [1.29, 1.82) is 0 Å². The lowest BCUT2D eigenvalue weighted by Crippen LogP contribution is -2.68. The lowest BCUT2D eigenvalue weighted by molar-refractivity contribution is -2.00. The van der Waals surface area contributed by atoms with Gasteiger partial charge in [-0.05, 0) is 19.9 Å². The fourth-order valence-electron chi connectivity index (χ4n) is 0.895. The first-order valence-corrected chi connectivity index (χ1v) is 5.07. The van der Waals surface area contributed by atoms with Crippen LogP contribution >= 0.6 is 0 Å². The highest BCUT2D eigenvalue weighted by Crippen LogP contribution is 1.92. The molecule has 0 saturated heterocycles. The fourth-order valence-corrected chi connectivity index (χ4v) is 0.895. The van der Waals surface area contributed by atoms with E-state index in [1.54, 1.807) is 0 Å². The molecule has 7 heteroatoms. The Balaban J connectivity index is 0.000000292. The molecule has 0 aromatic carbocycles. The van der Waals surface area contributed by atoms with E-state index in [0.717, 1.165) is 18.8 Å². The van der Waals surface area contributed by atoms with Gasteiger partial charge in [-0.2, -0.15) is 0 Å². The van der Waals surface area contributed by atoms with Crippen molar-refractivity contribution < 1.29 is 28.9 Å². The molecule has 0 spiro atoms. The van der Waals surface area contributed by atoms with Crippen LogP contribution in [0.1, 0.15) is 13.8 Å². The molecular weight excluding hydrogens is 212 g/mol. The summed E-state index contributed by atoms with van der Waals surface area (Å²) in [5.74, 6) is 0. The smallest absolute Gasteiger partial charge is 0.0565 e. The summed E-state index contributed by atoms with van der Waals surface area (Å²) in [4.78, 5) is 4.25. The zero-order chi connectivity index (χ0) is 11.2. The van der Waals surface area contributed by atoms with Crippen LogP contribution in [0.2, 0.25) is 0 Å². The van der Waals surface area contributed by atoms with E-state index in [9.17, 15) is 0 Å². The standard InChI is InChI=1S/C7H12N2.ClHO4/c1-6-5-7(2)9-4-3-8-6;2-1(3,4)5/h5,8H,3-4H2,1-2H3;(H,2,3,4,5)/p-1. The Labute approximate surface area is 84.3 Å². The minimum atomic E-state index is -4.94. The second kappa shape index (κ2) is 5.94. The van der Waals surface area contributed by atoms with Crippen molar-refractivity contribution in [2.75, 3.05) is 13.1 Å². The number of aliphatic imine (C=N–C) groups is 1. The van der Waals surface area contributed by atoms with Crippen molar-refractivity contribution >= 4 is 5.71 Å². The third kappa shape index (κ3) is 11.3. The van der Waals surface area contributed by atoms with Gasteiger partial charge in [0.2, 0.25) is 0 Å². The molecule has 1 rings (SSSR count). The SMILES string of the molecule is CC1=CC(C)=NCCN1.[O-][Cl+3]([O-])([O-])[O-]. The maximum Gasteiger partial charge on any atom is 0.0565 e. The van der Waals surface area contributed by atoms with Crippen LogP contribution in [0.3, 0.4) is 0 Å². The van der Waals surface area contributed by atoms with E-state index in [0.29, 0.717) is 0 Å². The minimum absolute atomic E-state index is 0.902. The van der Waals surface area contributed by atoms with Crippen molar-refractivity contribution in [2.24, 2.45) is 4.99 Å². The summed E-state index contributed by atoms with van der Waals surface area (Å²) in [5.41, 5.74) is 2.34. The Bertz CT molecular complexity index is 228. The predicted molar refractivity (Wildman–Crippen MR) is 39.7 cm³/mol. The number of nitrogens with zero attached hydrogens (tertiary/aromatic N) is 1. The van der Waals surface area contributed by atoms with Gasteiger partial charge in [-0.15, -0.1) is 10.2 Å². The lowest BCUT2D eigenvalue weighted by Gasteiger charge is -2.17. The van der Waals surface area contributed by atoms with E-state index in [1.807, 2.05) is 6.92 Å². The van der Waals surface area contributed by atoms with Crippen molar-refractivity contribution in [3.05, 3.63) is 11.8 Å². The number of halogens is 1. The van der Waals surface area contributed by atoms with Gasteiger partial charge in [-0.25, -0.2) is 18.6 Å². The van der Waals surface area contributed by atoms with Crippen molar-refractivity contribution in [2.45, 2.75) is 13.8 Å². The van der Waals surface area contributed by atoms with Crippen LogP contribution in [0.5, 0.6) is 0 Å². The molecule has 0 unspecified atom stereocenters. The van der Waals surface area contributed by atoms with Gasteiger partial charge < -0.3 is 5.32 Å². The highest BCUT2D eigenvalue weighted by atomic mass is 35.7. The van der Waals surface area contributed by atoms with Crippen LogP contribution in [0.25, 0.3) is 0 Å². The number of rotatable bonds is 0. The summed E-state index contributed by atoms with van der Waals surface area (Å²) in [6.07, 6.45) is 2.06. The highest BCUT2D eigenvalue weighted by molar-refractivity contribution is 5.93. The molecule has 1 aliphatic heterocycles. The second-order valence-electron chi connectivity index (χ2n) is 2.66. The van der Waals surface area contributed by atoms with Crippen molar-refractivity contribution in [3.8, 4) is 0 Å². The van der Waals surface area contributed by atoms with Gasteiger partial charge in [0.05, 0.1) is 6.54 Å². The first kappa shape index (κ1) is 13.3. The zero-order valence-corrected chi connectivity index (χ0v) is 8.71. The molecule has 0 fully saturated rings. The summed E-state index contributed by atoms with van der Waals surface area (Å²) >= 11 is 0. The fraction of sp³-hybridized carbons (Fsp3) is 0.571. The van der Waals surface area contributed by atoms with Gasteiger partial charge in [-0.3, -0.25) is 4.99 Å². The number of hydrogen-bond acceptors (Lipinski definition) is 6. The van der Waals surface area contributed by atoms with Gasteiger partial charge in [0.25, 0.3) is 0 Å².